The number of nitrogens with zero attached hydrogens (tertiary/aromatic N) is 2. The van der Waals surface area contributed by atoms with Gasteiger partial charge in [-0.15, -0.1) is 0 Å². The van der Waals surface area contributed by atoms with E-state index in [1.165, 1.54) is 25.0 Å². The molecule has 0 saturated heterocycles. The van der Waals surface area contributed by atoms with Crippen molar-refractivity contribution in [3.05, 3.63) is 30.1 Å². The Morgan fingerprint density at radius 2 is 2.00 bits per heavy atom. The molecule has 1 aliphatic rings. The van der Waals surface area contributed by atoms with Crippen molar-refractivity contribution >= 4 is 11.6 Å². The van der Waals surface area contributed by atoms with Gasteiger partial charge >= 0.3 is 0 Å². The van der Waals surface area contributed by atoms with Crippen molar-refractivity contribution in [1.29, 1.82) is 0 Å². The molecule has 1 unspecified atom stereocenters. The first-order valence-electron chi connectivity index (χ1n) is 7.53. The number of rotatable bonds is 7. The minimum Gasteiger partial charge on any atom is -0.329 e. The molecule has 1 aromatic carbocycles. The lowest BCUT2D eigenvalue weighted by Gasteiger charge is -2.29. The van der Waals surface area contributed by atoms with E-state index in [0.717, 1.165) is 5.69 Å². The number of halogens is 1. The van der Waals surface area contributed by atoms with Gasteiger partial charge in [0.15, 0.2) is 0 Å². The van der Waals surface area contributed by atoms with Crippen molar-refractivity contribution in [2.24, 2.45) is 11.7 Å². The number of benzene rings is 1. The second-order valence-electron chi connectivity index (χ2n) is 5.67. The van der Waals surface area contributed by atoms with Gasteiger partial charge in [-0.1, -0.05) is 0 Å². The van der Waals surface area contributed by atoms with Gasteiger partial charge in [-0.25, -0.2) is 4.39 Å². The summed E-state index contributed by atoms with van der Waals surface area (Å²) in [5, 5.41) is 0. The first-order valence-corrected chi connectivity index (χ1v) is 7.53. The molecule has 1 atom stereocenters. The number of amides is 1. The summed E-state index contributed by atoms with van der Waals surface area (Å²) in [6.07, 6.45) is 2.41. The van der Waals surface area contributed by atoms with Gasteiger partial charge in [0.25, 0.3) is 0 Å². The Hall–Kier alpha value is -1.46. The zero-order valence-corrected chi connectivity index (χ0v) is 12.8. The minimum atomic E-state index is -0.295. The standard InChI is InChI=1S/C16H24FN3O/c1-3-20(14-8-6-13(17)7-9-14)16(21)11-19(2)15(10-18)12-4-5-12/h6-9,12,15H,3-5,10-11,18H2,1-2H3. The predicted molar refractivity (Wildman–Crippen MR) is 82.6 cm³/mol. The zero-order chi connectivity index (χ0) is 15.4. The highest BCUT2D eigenvalue weighted by Gasteiger charge is 2.33. The molecule has 0 spiro atoms. The average Bonchev–Trinajstić information content (AvgIpc) is 3.27. The fourth-order valence-electron chi connectivity index (χ4n) is 2.75. The molecule has 1 fully saturated rings. The van der Waals surface area contributed by atoms with E-state index in [2.05, 4.69) is 0 Å². The van der Waals surface area contributed by atoms with E-state index < -0.39 is 0 Å². The largest absolute Gasteiger partial charge is 0.329 e. The van der Waals surface area contributed by atoms with E-state index in [0.29, 0.717) is 25.6 Å². The summed E-state index contributed by atoms with van der Waals surface area (Å²) in [5.74, 6) is 0.357. The molecule has 116 valence electrons. The molecule has 1 amide bonds. The van der Waals surface area contributed by atoms with Crippen molar-refractivity contribution in [3.8, 4) is 0 Å². The Bertz CT molecular complexity index is 473. The molecule has 0 radical (unpaired) electrons. The molecular formula is C16H24FN3O. The summed E-state index contributed by atoms with van der Waals surface area (Å²) < 4.78 is 13.0. The topological polar surface area (TPSA) is 49.6 Å². The van der Waals surface area contributed by atoms with Gasteiger partial charge in [-0.05, 0) is 57.0 Å². The van der Waals surface area contributed by atoms with Gasteiger partial charge in [0.05, 0.1) is 6.54 Å². The SMILES string of the molecule is CCN(C(=O)CN(C)C(CN)C1CC1)c1ccc(F)cc1. The quantitative estimate of drug-likeness (QED) is 0.834. The molecule has 2 N–H and O–H groups in total. The average molecular weight is 293 g/mol. The van der Waals surface area contributed by atoms with Crippen LogP contribution in [0.1, 0.15) is 19.8 Å². The van der Waals surface area contributed by atoms with Crippen LogP contribution >= 0.6 is 0 Å². The molecular weight excluding hydrogens is 269 g/mol. The number of carbonyl (C=O) groups excluding carboxylic acids is 1. The van der Waals surface area contributed by atoms with Gasteiger partial charge in [0.2, 0.25) is 5.91 Å². The Morgan fingerprint density at radius 3 is 2.48 bits per heavy atom. The third kappa shape index (κ3) is 4.02. The van der Waals surface area contributed by atoms with Crippen molar-refractivity contribution in [1.82, 2.24) is 4.90 Å². The van der Waals surface area contributed by atoms with Crippen LogP contribution in [0, 0.1) is 11.7 Å². The van der Waals surface area contributed by atoms with Gasteiger partial charge in [-0.3, -0.25) is 9.69 Å². The van der Waals surface area contributed by atoms with Crippen LogP contribution in [-0.2, 0) is 4.79 Å². The molecule has 0 aromatic heterocycles. The Kier molecular flexibility index (Phi) is 5.31. The van der Waals surface area contributed by atoms with E-state index in [9.17, 15) is 9.18 Å². The third-order valence-corrected chi connectivity index (χ3v) is 4.11. The summed E-state index contributed by atoms with van der Waals surface area (Å²) in [6.45, 7) is 3.40. The molecule has 1 aliphatic carbocycles. The van der Waals surface area contributed by atoms with Crippen LogP contribution in [0.4, 0.5) is 10.1 Å². The maximum atomic E-state index is 13.0. The van der Waals surface area contributed by atoms with Crippen molar-refractivity contribution in [3.63, 3.8) is 0 Å². The van der Waals surface area contributed by atoms with Gasteiger partial charge in [-0.2, -0.15) is 0 Å². The van der Waals surface area contributed by atoms with Crippen molar-refractivity contribution in [2.45, 2.75) is 25.8 Å². The lowest BCUT2D eigenvalue weighted by Crippen LogP contribution is -2.46. The van der Waals surface area contributed by atoms with E-state index in [1.807, 2.05) is 18.9 Å². The normalized spacial score (nSPS) is 16.0. The number of nitrogens with two attached hydrogens (primary N) is 1. The van der Waals surface area contributed by atoms with Gasteiger partial charge in [0, 0.05) is 24.8 Å². The summed E-state index contributed by atoms with van der Waals surface area (Å²) in [7, 11) is 1.95. The van der Waals surface area contributed by atoms with Crippen LogP contribution in [0.3, 0.4) is 0 Å². The minimum absolute atomic E-state index is 0.0192. The van der Waals surface area contributed by atoms with E-state index in [-0.39, 0.29) is 17.8 Å². The van der Waals surface area contributed by atoms with Crippen molar-refractivity contribution < 1.29 is 9.18 Å². The second-order valence-corrected chi connectivity index (χ2v) is 5.67. The monoisotopic (exact) mass is 293 g/mol. The van der Waals surface area contributed by atoms with Crippen LogP contribution in [-0.4, -0.2) is 43.5 Å². The molecule has 2 rings (SSSR count). The van der Waals surface area contributed by atoms with Crippen LogP contribution in [0.15, 0.2) is 24.3 Å². The lowest BCUT2D eigenvalue weighted by atomic mass is 10.1. The molecule has 0 bridgehead atoms. The highest BCUT2D eigenvalue weighted by molar-refractivity contribution is 5.94. The summed E-state index contributed by atoms with van der Waals surface area (Å²) in [6, 6.07) is 6.31. The Labute approximate surface area is 125 Å². The molecule has 5 heteroatoms. The fourth-order valence-corrected chi connectivity index (χ4v) is 2.75. The van der Waals surface area contributed by atoms with Gasteiger partial charge in [0.1, 0.15) is 5.82 Å². The van der Waals surface area contributed by atoms with E-state index in [4.69, 9.17) is 5.73 Å². The smallest absolute Gasteiger partial charge is 0.241 e. The maximum Gasteiger partial charge on any atom is 0.241 e. The molecule has 4 nitrogen and oxygen atoms in total. The number of likely N-dealkylation sites (N-methyl/N-ethyl adjacent to an activating group) is 2. The summed E-state index contributed by atoms with van der Waals surface area (Å²) >= 11 is 0. The van der Waals surface area contributed by atoms with Crippen LogP contribution in [0.25, 0.3) is 0 Å². The fraction of sp³-hybridized carbons (Fsp3) is 0.562. The molecule has 21 heavy (non-hydrogen) atoms. The van der Waals surface area contributed by atoms with Crippen LogP contribution < -0.4 is 10.6 Å². The van der Waals surface area contributed by atoms with Crippen LogP contribution in [0.2, 0.25) is 0 Å². The van der Waals surface area contributed by atoms with Gasteiger partial charge < -0.3 is 10.6 Å². The first-order chi connectivity index (χ1) is 10.1. The second kappa shape index (κ2) is 7.00. The molecule has 1 saturated carbocycles. The predicted octanol–water partition coefficient (Wildman–Crippen LogP) is 1.85. The highest BCUT2D eigenvalue weighted by Crippen LogP contribution is 2.34. The molecule has 0 heterocycles. The van der Waals surface area contributed by atoms with Crippen molar-refractivity contribution in [2.75, 3.05) is 31.6 Å². The lowest BCUT2D eigenvalue weighted by molar-refractivity contribution is -0.119. The first kappa shape index (κ1) is 15.9. The maximum absolute atomic E-state index is 13.0. The van der Waals surface area contributed by atoms with E-state index in [1.54, 1.807) is 17.0 Å². The number of hydrogen-bond donors (Lipinski definition) is 1. The number of hydrogen-bond acceptors (Lipinski definition) is 3. The van der Waals surface area contributed by atoms with E-state index >= 15 is 0 Å². The summed E-state index contributed by atoms with van der Waals surface area (Å²) in [4.78, 5) is 16.2. The Balaban J connectivity index is 2.00. The third-order valence-electron chi connectivity index (χ3n) is 4.11. The molecule has 0 aliphatic heterocycles. The number of carbonyl (C=O) groups is 1. The highest BCUT2D eigenvalue weighted by atomic mass is 19.1. The Morgan fingerprint density at radius 1 is 1.38 bits per heavy atom. The molecule has 1 aromatic rings. The van der Waals surface area contributed by atoms with Crippen LogP contribution in [0.5, 0.6) is 0 Å². The summed E-state index contributed by atoms with van der Waals surface area (Å²) in [5.41, 5.74) is 6.55. The zero-order valence-electron chi connectivity index (χ0n) is 12.8. The number of anilines is 1.